The van der Waals surface area contributed by atoms with Gasteiger partial charge in [-0.25, -0.2) is 4.39 Å². The van der Waals surface area contributed by atoms with Crippen molar-refractivity contribution in [3.05, 3.63) is 29.6 Å². The second kappa shape index (κ2) is 6.63. The molecule has 0 aliphatic heterocycles. The van der Waals surface area contributed by atoms with Crippen molar-refractivity contribution >= 4 is 5.69 Å². The van der Waals surface area contributed by atoms with Crippen LogP contribution in [-0.2, 0) is 0 Å². The van der Waals surface area contributed by atoms with Gasteiger partial charge in [0.25, 0.3) is 0 Å². The third-order valence-electron chi connectivity index (χ3n) is 3.50. The second-order valence-corrected chi connectivity index (χ2v) is 4.91. The van der Waals surface area contributed by atoms with Gasteiger partial charge in [0.15, 0.2) is 0 Å². The smallest absolute Gasteiger partial charge is 0.128 e. The van der Waals surface area contributed by atoms with Crippen LogP contribution in [0.5, 0.6) is 0 Å². The Kier molecular flexibility index (Phi) is 5.46. The molecule has 0 saturated heterocycles. The van der Waals surface area contributed by atoms with E-state index >= 15 is 0 Å². The van der Waals surface area contributed by atoms with Crippen molar-refractivity contribution < 1.29 is 4.39 Å². The van der Waals surface area contributed by atoms with E-state index in [1.54, 1.807) is 6.07 Å². The Morgan fingerprint density at radius 3 is 2.53 bits per heavy atom. The third kappa shape index (κ3) is 4.03. The standard InChI is InChI=1S/C15H24FN/c1-5-11(3)10-13(6-2)17-15-9-7-8-14(16)12(15)4/h7-9,11,13,17H,5-6,10H2,1-4H3. The van der Waals surface area contributed by atoms with Gasteiger partial charge in [0.05, 0.1) is 0 Å². The summed E-state index contributed by atoms with van der Waals surface area (Å²) in [5.74, 6) is 0.578. The monoisotopic (exact) mass is 237 g/mol. The van der Waals surface area contributed by atoms with Crippen molar-refractivity contribution in [2.45, 2.75) is 53.0 Å². The Hall–Kier alpha value is -1.05. The molecule has 96 valence electrons. The van der Waals surface area contributed by atoms with Gasteiger partial charge in [0.2, 0.25) is 0 Å². The molecule has 0 aliphatic rings. The number of benzene rings is 1. The minimum Gasteiger partial charge on any atom is -0.382 e. The molecule has 17 heavy (non-hydrogen) atoms. The zero-order valence-corrected chi connectivity index (χ0v) is 11.4. The first-order chi connectivity index (χ1) is 8.08. The quantitative estimate of drug-likeness (QED) is 0.752. The number of nitrogens with one attached hydrogen (secondary N) is 1. The molecular weight excluding hydrogens is 213 g/mol. The Morgan fingerprint density at radius 2 is 1.94 bits per heavy atom. The molecule has 2 unspecified atom stereocenters. The van der Waals surface area contributed by atoms with Crippen molar-refractivity contribution in [2.75, 3.05) is 5.32 Å². The van der Waals surface area contributed by atoms with Crippen LogP contribution in [0.15, 0.2) is 18.2 Å². The van der Waals surface area contributed by atoms with Gasteiger partial charge >= 0.3 is 0 Å². The van der Waals surface area contributed by atoms with Gasteiger partial charge in [-0.3, -0.25) is 0 Å². The molecule has 2 atom stereocenters. The number of hydrogen-bond donors (Lipinski definition) is 1. The summed E-state index contributed by atoms with van der Waals surface area (Å²) in [6.45, 7) is 8.48. The van der Waals surface area contributed by atoms with E-state index in [9.17, 15) is 4.39 Å². The van der Waals surface area contributed by atoms with E-state index in [1.165, 1.54) is 12.5 Å². The average Bonchev–Trinajstić information content (AvgIpc) is 2.33. The number of anilines is 1. The normalized spacial score (nSPS) is 14.4. The van der Waals surface area contributed by atoms with Crippen LogP contribution in [0.25, 0.3) is 0 Å². The molecular formula is C15H24FN. The maximum Gasteiger partial charge on any atom is 0.128 e. The lowest BCUT2D eigenvalue weighted by Crippen LogP contribution is -2.21. The molecule has 1 aromatic carbocycles. The Labute approximate surface area is 104 Å². The fourth-order valence-corrected chi connectivity index (χ4v) is 1.96. The van der Waals surface area contributed by atoms with Crippen LogP contribution >= 0.6 is 0 Å². The molecule has 1 N–H and O–H groups in total. The summed E-state index contributed by atoms with van der Waals surface area (Å²) in [5.41, 5.74) is 1.65. The summed E-state index contributed by atoms with van der Waals surface area (Å²) in [6.07, 6.45) is 3.41. The number of hydrogen-bond acceptors (Lipinski definition) is 1. The van der Waals surface area contributed by atoms with Crippen LogP contribution in [0, 0.1) is 18.7 Å². The lowest BCUT2D eigenvalue weighted by Gasteiger charge is -2.22. The molecule has 0 radical (unpaired) electrons. The third-order valence-corrected chi connectivity index (χ3v) is 3.50. The first kappa shape index (κ1) is 14.0. The lowest BCUT2D eigenvalue weighted by molar-refractivity contribution is 0.461. The van der Waals surface area contributed by atoms with E-state index in [2.05, 4.69) is 26.1 Å². The topological polar surface area (TPSA) is 12.0 Å². The van der Waals surface area contributed by atoms with Crippen LogP contribution in [0.3, 0.4) is 0 Å². The molecule has 0 fully saturated rings. The van der Waals surface area contributed by atoms with Crippen LogP contribution in [0.4, 0.5) is 10.1 Å². The predicted molar refractivity (Wildman–Crippen MR) is 72.9 cm³/mol. The highest BCUT2D eigenvalue weighted by molar-refractivity contribution is 5.51. The van der Waals surface area contributed by atoms with Crippen LogP contribution in [0.1, 0.15) is 45.6 Å². The molecule has 0 bridgehead atoms. The van der Waals surface area contributed by atoms with Crippen molar-refractivity contribution in [2.24, 2.45) is 5.92 Å². The van der Waals surface area contributed by atoms with Gasteiger partial charge in [-0.15, -0.1) is 0 Å². The molecule has 0 heterocycles. The fourth-order valence-electron chi connectivity index (χ4n) is 1.96. The van der Waals surface area contributed by atoms with Gasteiger partial charge in [-0.05, 0) is 37.8 Å². The Balaban J connectivity index is 2.70. The van der Waals surface area contributed by atoms with Gasteiger partial charge in [0, 0.05) is 17.3 Å². The molecule has 0 aromatic heterocycles. The summed E-state index contributed by atoms with van der Waals surface area (Å²) in [7, 11) is 0. The summed E-state index contributed by atoms with van der Waals surface area (Å²) in [6, 6.07) is 5.67. The zero-order valence-electron chi connectivity index (χ0n) is 11.4. The molecule has 1 nitrogen and oxygen atoms in total. The molecule has 0 spiro atoms. The lowest BCUT2D eigenvalue weighted by atomic mass is 9.97. The van der Waals surface area contributed by atoms with Gasteiger partial charge < -0.3 is 5.32 Å². The van der Waals surface area contributed by atoms with E-state index in [4.69, 9.17) is 0 Å². The number of rotatable bonds is 6. The molecule has 0 saturated carbocycles. The van der Waals surface area contributed by atoms with Gasteiger partial charge in [-0.1, -0.05) is 33.3 Å². The minimum atomic E-state index is -0.131. The molecule has 1 aromatic rings. The van der Waals surface area contributed by atoms with Gasteiger partial charge in [0.1, 0.15) is 5.82 Å². The maximum absolute atomic E-state index is 13.4. The molecule has 0 aliphatic carbocycles. The zero-order chi connectivity index (χ0) is 12.8. The van der Waals surface area contributed by atoms with Crippen LogP contribution in [-0.4, -0.2) is 6.04 Å². The van der Waals surface area contributed by atoms with E-state index in [1.807, 2.05) is 13.0 Å². The van der Waals surface area contributed by atoms with E-state index < -0.39 is 0 Å². The fraction of sp³-hybridized carbons (Fsp3) is 0.600. The first-order valence-corrected chi connectivity index (χ1v) is 6.60. The highest BCUT2D eigenvalue weighted by atomic mass is 19.1. The molecule has 0 amide bonds. The maximum atomic E-state index is 13.4. The van der Waals surface area contributed by atoms with E-state index in [0.29, 0.717) is 12.0 Å². The van der Waals surface area contributed by atoms with Crippen molar-refractivity contribution in [3.63, 3.8) is 0 Å². The minimum absolute atomic E-state index is 0.131. The van der Waals surface area contributed by atoms with E-state index in [0.717, 1.165) is 24.1 Å². The largest absolute Gasteiger partial charge is 0.382 e. The Bertz CT molecular complexity index is 349. The second-order valence-electron chi connectivity index (χ2n) is 4.91. The Morgan fingerprint density at radius 1 is 1.24 bits per heavy atom. The van der Waals surface area contributed by atoms with Crippen molar-refractivity contribution in [3.8, 4) is 0 Å². The molecule has 1 rings (SSSR count). The van der Waals surface area contributed by atoms with Gasteiger partial charge in [-0.2, -0.15) is 0 Å². The highest BCUT2D eigenvalue weighted by Gasteiger charge is 2.12. The first-order valence-electron chi connectivity index (χ1n) is 6.60. The summed E-state index contributed by atoms with van der Waals surface area (Å²) < 4.78 is 13.4. The molecule has 2 heteroatoms. The van der Waals surface area contributed by atoms with Crippen LogP contribution in [0.2, 0.25) is 0 Å². The SMILES string of the molecule is CCC(C)CC(CC)Nc1cccc(F)c1C. The number of halogens is 1. The van der Waals surface area contributed by atoms with Crippen LogP contribution < -0.4 is 5.32 Å². The highest BCUT2D eigenvalue weighted by Crippen LogP contribution is 2.21. The van der Waals surface area contributed by atoms with Crippen molar-refractivity contribution in [1.82, 2.24) is 0 Å². The average molecular weight is 237 g/mol. The summed E-state index contributed by atoms with van der Waals surface area (Å²) in [4.78, 5) is 0. The predicted octanol–water partition coefficient (Wildman–Crippen LogP) is 4.76. The summed E-state index contributed by atoms with van der Waals surface area (Å²) in [5, 5.41) is 3.46. The van der Waals surface area contributed by atoms with Crippen molar-refractivity contribution in [1.29, 1.82) is 0 Å². The summed E-state index contributed by atoms with van der Waals surface area (Å²) >= 11 is 0. The van der Waals surface area contributed by atoms with E-state index in [-0.39, 0.29) is 5.82 Å².